The van der Waals surface area contributed by atoms with Crippen molar-refractivity contribution in [1.29, 1.82) is 0 Å². The number of methoxy groups -OCH3 is 1. The number of anilines is 1. The number of benzene rings is 2. The molecule has 0 radical (unpaired) electrons. The molecule has 0 aliphatic heterocycles. The maximum absolute atomic E-state index is 12.1. The minimum atomic E-state index is -0.193. The van der Waals surface area contributed by atoms with Gasteiger partial charge in [-0.15, -0.1) is 0 Å². The largest absolute Gasteiger partial charge is 0.497 e. The molecule has 0 saturated carbocycles. The number of carbonyl (C=O) groups excluding carboxylic acids is 1. The lowest BCUT2D eigenvalue weighted by atomic mass is 10.3. The molecule has 0 aliphatic carbocycles. The van der Waals surface area contributed by atoms with Gasteiger partial charge >= 0.3 is 0 Å². The molecule has 0 unspecified atom stereocenters. The fraction of sp³-hybridized carbons (Fsp3) is 0.278. The van der Waals surface area contributed by atoms with Crippen LogP contribution in [-0.4, -0.2) is 44.7 Å². The summed E-state index contributed by atoms with van der Waals surface area (Å²) in [4.78, 5) is 14.0. The summed E-state index contributed by atoms with van der Waals surface area (Å²) in [5.74, 6) is 1.34. The van der Waals surface area contributed by atoms with Crippen molar-refractivity contribution in [3.63, 3.8) is 0 Å². The molecule has 7 heteroatoms. The van der Waals surface area contributed by atoms with Gasteiger partial charge in [-0.25, -0.2) is 0 Å². The van der Waals surface area contributed by atoms with Gasteiger partial charge in [0.05, 0.1) is 29.4 Å². The van der Waals surface area contributed by atoms with E-state index in [2.05, 4.69) is 5.32 Å². The molecule has 0 spiro atoms. The number of hydrogen-bond acceptors (Lipinski definition) is 4. The highest BCUT2D eigenvalue weighted by Gasteiger charge is 2.11. The number of carbonyl (C=O) groups is 1. The fourth-order valence-corrected chi connectivity index (χ4v) is 2.60. The third-order valence-electron chi connectivity index (χ3n) is 3.44. The van der Waals surface area contributed by atoms with Gasteiger partial charge in [0.25, 0.3) is 0 Å². The number of rotatable bonds is 8. The molecule has 0 aromatic heterocycles. The number of amides is 1. The number of hydrogen-bond donors (Lipinski definition) is 1. The highest BCUT2D eigenvalue weighted by Crippen LogP contribution is 2.29. The normalized spacial score (nSPS) is 10.6. The first-order valence-electron chi connectivity index (χ1n) is 7.69. The van der Waals surface area contributed by atoms with E-state index in [9.17, 15) is 4.79 Å². The lowest BCUT2D eigenvalue weighted by molar-refractivity contribution is -0.117. The fourth-order valence-electron chi connectivity index (χ4n) is 2.11. The third-order valence-corrected chi connectivity index (χ3v) is 4.07. The van der Waals surface area contributed by atoms with Crippen LogP contribution in [0.15, 0.2) is 42.5 Å². The van der Waals surface area contributed by atoms with E-state index in [1.54, 1.807) is 25.3 Å². The lowest BCUT2D eigenvalue weighted by Gasteiger charge is -2.17. The van der Waals surface area contributed by atoms with Crippen LogP contribution in [0.3, 0.4) is 0 Å². The van der Waals surface area contributed by atoms with Crippen molar-refractivity contribution in [3.8, 4) is 11.5 Å². The van der Waals surface area contributed by atoms with Gasteiger partial charge < -0.3 is 14.8 Å². The number of ether oxygens (including phenoxy) is 2. The number of para-hydroxylation sites is 1. The van der Waals surface area contributed by atoms with Crippen molar-refractivity contribution >= 4 is 34.8 Å². The Bertz CT molecular complexity index is 688. The van der Waals surface area contributed by atoms with E-state index in [1.807, 2.05) is 36.2 Å². The molecule has 2 aromatic carbocycles. The van der Waals surface area contributed by atoms with E-state index in [1.165, 1.54) is 0 Å². The van der Waals surface area contributed by atoms with E-state index in [4.69, 9.17) is 32.7 Å². The summed E-state index contributed by atoms with van der Waals surface area (Å²) in [6, 6.07) is 12.4. The molecule has 0 bridgehead atoms. The average Bonchev–Trinajstić information content (AvgIpc) is 2.59. The number of nitrogens with zero attached hydrogens (tertiary/aromatic N) is 1. The maximum Gasteiger partial charge on any atom is 0.238 e. The first kappa shape index (κ1) is 19.4. The van der Waals surface area contributed by atoms with Crippen molar-refractivity contribution in [1.82, 2.24) is 4.90 Å². The SMILES string of the molecule is COc1ccc(OCCN(C)CC(=O)Nc2c(Cl)cccc2Cl)cc1. The van der Waals surface area contributed by atoms with Crippen molar-refractivity contribution in [2.45, 2.75) is 0 Å². The zero-order valence-corrected chi connectivity index (χ0v) is 15.6. The molecule has 0 heterocycles. The molecule has 0 fully saturated rings. The second-order valence-corrected chi connectivity index (χ2v) is 6.22. The zero-order chi connectivity index (χ0) is 18.2. The molecule has 1 N–H and O–H groups in total. The van der Waals surface area contributed by atoms with Gasteiger partial charge in [-0.2, -0.15) is 0 Å². The predicted octanol–water partition coefficient (Wildman–Crippen LogP) is 3.95. The van der Waals surface area contributed by atoms with Crippen molar-refractivity contribution < 1.29 is 14.3 Å². The Kier molecular flexibility index (Phi) is 7.37. The van der Waals surface area contributed by atoms with E-state index in [0.29, 0.717) is 28.9 Å². The molecule has 25 heavy (non-hydrogen) atoms. The molecule has 2 rings (SSSR count). The van der Waals surface area contributed by atoms with Crippen molar-refractivity contribution in [2.24, 2.45) is 0 Å². The summed E-state index contributed by atoms with van der Waals surface area (Å²) in [6.45, 7) is 1.26. The van der Waals surface area contributed by atoms with Crippen LogP contribution in [-0.2, 0) is 4.79 Å². The monoisotopic (exact) mass is 382 g/mol. The van der Waals surface area contributed by atoms with Crippen LogP contribution in [0.4, 0.5) is 5.69 Å². The summed E-state index contributed by atoms with van der Waals surface area (Å²) in [6.07, 6.45) is 0. The Hall–Kier alpha value is -1.95. The molecule has 134 valence electrons. The highest BCUT2D eigenvalue weighted by atomic mass is 35.5. The standard InChI is InChI=1S/C18H20Cl2N2O3/c1-22(10-11-25-14-8-6-13(24-2)7-9-14)12-17(23)21-18-15(19)4-3-5-16(18)20/h3-9H,10-12H2,1-2H3,(H,21,23). The molecule has 0 saturated heterocycles. The smallest absolute Gasteiger partial charge is 0.238 e. The van der Waals surface area contributed by atoms with Crippen molar-refractivity contribution in [2.75, 3.05) is 39.2 Å². The summed E-state index contributed by atoms with van der Waals surface area (Å²) in [5, 5.41) is 3.55. The highest BCUT2D eigenvalue weighted by molar-refractivity contribution is 6.39. The van der Waals surface area contributed by atoms with Gasteiger partial charge in [0.15, 0.2) is 0 Å². The van der Waals surface area contributed by atoms with Crippen LogP contribution in [0, 0.1) is 0 Å². The van der Waals surface area contributed by atoms with Crippen LogP contribution >= 0.6 is 23.2 Å². The molecule has 0 aliphatic rings. The first-order chi connectivity index (χ1) is 12.0. The van der Waals surface area contributed by atoms with Crippen LogP contribution in [0.2, 0.25) is 10.0 Å². The Morgan fingerprint density at radius 3 is 2.28 bits per heavy atom. The van der Waals surface area contributed by atoms with Gasteiger partial charge in [-0.3, -0.25) is 9.69 Å². The van der Waals surface area contributed by atoms with Crippen LogP contribution in [0.1, 0.15) is 0 Å². The Morgan fingerprint density at radius 2 is 1.68 bits per heavy atom. The van der Waals surface area contributed by atoms with E-state index in [0.717, 1.165) is 11.5 Å². The van der Waals surface area contributed by atoms with Gasteiger partial charge in [0.1, 0.15) is 18.1 Å². The van der Waals surface area contributed by atoms with E-state index < -0.39 is 0 Å². The summed E-state index contributed by atoms with van der Waals surface area (Å²) >= 11 is 12.1. The summed E-state index contributed by atoms with van der Waals surface area (Å²) < 4.78 is 10.7. The average molecular weight is 383 g/mol. The molecular formula is C18H20Cl2N2O3. The minimum absolute atomic E-state index is 0.193. The van der Waals surface area contributed by atoms with Gasteiger partial charge in [0, 0.05) is 6.54 Å². The van der Waals surface area contributed by atoms with Crippen LogP contribution in [0.5, 0.6) is 11.5 Å². The van der Waals surface area contributed by atoms with Crippen molar-refractivity contribution in [3.05, 3.63) is 52.5 Å². The minimum Gasteiger partial charge on any atom is -0.497 e. The lowest BCUT2D eigenvalue weighted by Crippen LogP contribution is -2.33. The molecule has 5 nitrogen and oxygen atoms in total. The maximum atomic E-state index is 12.1. The van der Waals surface area contributed by atoms with Crippen LogP contribution < -0.4 is 14.8 Å². The summed E-state index contributed by atoms with van der Waals surface area (Å²) in [7, 11) is 3.46. The van der Waals surface area contributed by atoms with Crippen LogP contribution in [0.25, 0.3) is 0 Å². The second kappa shape index (κ2) is 9.51. The first-order valence-corrected chi connectivity index (χ1v) is 8.44. The molecular weight excluding hydrogens is 363 g/mol. The molecule has 1 amide bonds. The number of halogens is 2. The summed E-state index contributed by atoms with van der Waals surface area (Å²) in [5.41, 5.74) is 0.429. The third kappa shape index (κ3) is 6.12. The van der Waals surface area contributed by atoms with Gasteiger partial charge in [-0.1, -0.05) is 29.3 Å². The zero-order valence-electron chi connectivity index (χ0n) is 14.1. The predicted molar refractivity (Wildman–Crippen MR) is 101 cm³/mol. The van der Waals surface area contributed by atoms with Gasteiger partial charge in [0.2, 0.25) is 5.91 Å². The number of likely N-dealkylation sites (N-methyl/N-ethyl adjacent to an activating group) is 1. The quantitative estimate of drug-likeness (QED) is 0.750. The van der Waals surface area contributed by atoms with Gasteiger partial charge in [-0.05, 0) is 43.4 Å². The second-order valence-electron chi connectivity index (χ2n) is 5.41. The topological polar surface area (TPSA) is 50.8 Å². The molecule has 2 aromatic rings. The Morgan fingerprint density at radius 1 is 1.08 bits per heavy atom. The van der Waals surface area contributed by atoms with E-state index in [-0.39, 0.29) is 12.5 Å². The number of nitrogens with one attached hydrogen (secondary N) is 1. The molecule has 0 atom stereocenters. The van der Waals surface area contributed by atoms with E-state index >= 15 is 0 Å². The Labute approximate surface area is 157 Å². The Balaban J connectivity index is 1.75.